The van der Waals surface area contributed by atoms with Crippen LogP contribution in [0.1, 0.15) is 18.1 Å². The van der Waals surface area contributed by atoms with Gasteiger partial charge in [-0.15, -0.1) is 24.0 Å². The number of rotatable bonds is 12. The van der Waals surface area contributed by atoms with E-state index in [1.54, 1.807) is 14.2 Å². The van der Waals surface area contributed by atoms with E-state index in [-0.39, 0.29) is 42.8 Å². The number of methoxy groups -OCH3 is 2. The Balaban J connectivity index is 0.00000512. The van der Waals surface area contributed by atoms with E-state index in [2.05, 4.69) is 20.3 Å². The molecule has 2 rings (SSSR count). The van der Waals surface area contributed by atoms with Gasteiger partial charge in [0.25, 0.3) is 0 Å². The van der Waals surface area contributed by atoms with Crippen LogP contribution in [-0.2, 0) is 23.0 Å². The molecular formula is C22H33IN4O4S. The number of benzene rings is 2. The first kappa shape index (κ1) is 28.0. The minimum absolute atomic E-state index is 0. The maximum atomic E-state index is 12.2. The molecule has 0 spiro atoms. The molecule has 3 N–H and O–H groups in total. The van der Waals surface area contributed by atoms with Crippen molar-refractivity contribution < 1.29 is 17.9 Å². The second-order valence-corrected chi connectivity index (χ2v) is 8.68. The van der Waals surface area contributed by atoms with Crippen LogP contribution < -0.4 is 24.8 Å². The number of guanidine groups is 1. The lowest BCUT2D eigenvalue weighted by Gasteiger charge is -2.13. The minimum atomic E-state index is -3.41. The summed E-state index contributed by atoms with van der Waals surface area (Å²) in [4.78, 5) is 4.38. The van der Waals surface area contributed by atoms with Crippen molar-refractivity contribution in [3.8, 4) is 11.5 Å². The fourth-order valence-corrected chi connectivity index (χ4v) is 3.70. The molecule has 0 aromatic heterocycles. The fourth-order valence-electron chi connectivity index (χ4n) is 2.84. The zero-order chi connectivity index (χ0) is 22.5. The molecule has 0 aliphatic rings. The van der Waals surface area contributed by atoms with Crippen LogP contribution in [0.15, 0.2) is 53.5 Å². The van der Waals surface area contributed by atoms with E-state index >= 15 is 0 Å². The van der Waals surface area contributed by atoms with Crippen molar-refractivity contribution in [3.63, 3.8) is 0 Å². The van der Waals surface area contributed by atoms with Crippen molar-refractivity contribution in [3.05, 3.63) is 59.7 Å². The molecule has 0 unspecified atom stereocenters. The third-order valence-corrected chi connectivity index (χ3v) is 5.77. The van der Waals surface area contributed by atoms with Crippen LogP contribution in [0.5, 0.6) is 11.5 Å². The van der Waals surface area contributed by atoms with E-state index in [9.17, 15) is 8.42 Å². The van der Waals surface area contributed by atoms with E-state index in [4.69, 9.17) is 9.47 Å². The van der Waals surface area contributed by atoms with Crippen LogP contribution in [0.3, 0.4) is 0 Å². The molecule has 0 aliphatic carbocycles. The zero-order valence-corrected chi connectivity index (χ0v) is 21.9. The molecular weight excluding hydrogens is 543 g/mol. The number of ether oxygens (including phenoxy) is 2. The van der Waals surface area contributed by atoms with Crippen LogP contribution in [0.2, 0.25) is 0 Å². The molecule has 178 valence electrons. The van der Waals surface area contributed by atoms with Crippen molar-refractivity contribution >= 4 is 40.0 Å². The first-order valence-corrected chi connectivity index (χ1v) is 11.9. The van der Waals surface area contributed by atoms with Crippen molar-refractivity contribution in [1.29, 1.82) is 0 Å². The third-order valence-electron chi connectivity index (χ3n) is 4.47. The summed E-state index contributed by atoms with van der Waals surface area (Å²) in [6.07, 6.45) is 0.752. The molecule has 8 nitrogen and oxygen atoms in total. The molecule has 0 bridgehead atoms. The fraction of sp³-hybridized carbons (Fsp3) is 0.409. The van der Waals surface area contributed by atoms with Gasteiger partial charge in [0.2, 0.25) is 10.0 Å². The lowest BCUT2D eigenvalue weighted by molar-refractivity contribution is 0.354. The number of hydrogen-bond acceptors (Lipinski definition) is 5. The van der Waals surface area contributed by atoms with Gasteiger partial charge in [-0.3, -0.25) is 4.99 Å². The quantitative estimate of drug-likeness (QED) is 0.204. The standard InChI is InChI=1S/C22H32N4O4S.HI/c1-4-23-22(24-13-12-18-10-11-20(29-2)21(16-18)30-3)25-14-15-31(27,28)26-17-19-8-6-5-7-9-19;/h5-11,16,26H,4,12-15,17H2,1-3H3,(H2,23,24,25);1H. The average molecular weight is 577 g/mol. The summed E-state index contributed by atoms with van der Waals surface area (Å²) < 4.78 is 37.6. The summed E-state index contributed by atoms with van der Waals surface area (Å²) in [5.74, 6) is 1.89. The average Bonchev–Trinajstić information content (AvgIpc) is 2.78. The Bertz CT molecular complexity index is 940. The predicted octanol–water partition coefficient (Wildman–Crippen LogP) is 2.54. The second-order valence-electron chi connectivity index (χ2n) is 6.75. The van der Waals surface area contributed by atoms with Gasteiger partial charge in [0.05, 0.1) is 26.5 Å². The van der Waals surface area contributed by atoms with Gasteiger partial charge >= 0.3 is 0 Å². The van der Waals surface area contributed by atoms with E-state index in [1.165, 1.54) is 0 Å². The third kappa shape index (κ3) is 10.0. The monoisotopic (exact) mass is 576 g/mol. The molecule has 2 aromatic rings. The molecule has 0 heterocycles. The van der Waals surface area contributed by atoms with Gasteiger partial charge in [0.1, 0.15) is 0 Å². The maximum Gasteiger partial charge on any atom is 0.213 e. The summed E-state index contributed by atoms with van der Waals surface area (Å²) in [5, 5.41) is 6.36. The van der Waals surface area contributed by atoms with E-state index < -0.39 is 10.0 Å². The first-order chi connectivity index (χ1) is 15.0. The van der Waals surface area contributed by atoms with Crippen LogP contribution in [0, 0.1) is 0 Å². The van der Waals surface area contributed by atoms with Crippen molar-refractivity contribution in [2.24, 2.45) is 4.99 Å². The number of aliphatic imine (C=N–C) groups is 1. The minimum Gasteiger partial charge on any atom is -0.493 e. The molecule has 0 aliphatic heterocycles. The van der Waals surface area contributed by atoms with Crippen LogP contribution >= 0.6 is 24.0 Å². The highest BCUT2D eigenvalue weighted by atomic mass is 127. The molecule has 0 atom stereocenters. The summed E-state index contributed by atoms with van der Waals surface area (Å²) in [6.45, 7) is 3.72. The predicted molar refractivity (Wildman–Crippen MR) is 140 cm³/mol. The normalized spacial score (nSPS) is 11.4. The molecule has 0 fully saturated rings. The molecule has 0 saturated heterocycles. The first-order valence-electron chi connectivity index (χ1n) is 10.2. The molecule has 0 saturated carbocycles. The van der Waals surface area contributed by atoms with Gasteiger partial charge < -0.3 is 20.1 Å². The largest absolute Gasteiger partial charge is 0.493 e. The summed E-state index contributed by atoms with van der Waals surface area (Å²) in [5.41, 5.74) is 2.01. The number of halogens is 1. The Morgan fingerprint density at radius 3 is 2.34 bits per heavy atom. The van der Waals surface area contributed by atoms with E-state index in [0.29, 0.717) is 30.5 Å². The van der Waals surface area contributed by atoms with E-state index in [1.807, 2.05) is 55.5 Å². The summed E-state index contributed by atoms with van der Waals surface area (Å²) in [7, 11) is -0.190. The lowest BCUT2D eigenvalue weighted by Crippen LogP contribution is -2.39. The van der Waals surface area contributed by atoms with Gasteiger partial charge in [-0.05, 0) is 36.6 Å². The van der Waals surface area contributed by atoms with Crippen molar-refractivity contribution in [1.82, 2.24) is 15.4 Å². The Hall–Kier alpha value is -2.05. The van der Waals surface area contributed by atoms with Gasteiger partial charge in [0.15, 0.2) is 17.5 Å². The van der Waals surface area contributed by atoms with Gasteiger partial charge in [0, 0.05) is 19.6 Å². The van der Waals surface area contributed by atoms with Gasteiger partial charge in [-0.2, -0.15) is 0 Å². The van der Waals surface area contributed by atoms with Gasteiger partial charge in [-0.1, -0.05) is 36.4 Å². The van der Waals surface area contributed by atoms with Crippen LogP contribution in [0.25, 0.3) is 0 Å². The summed E-state index contributed by atoms with van der Waals surface area (Å²) in [6, 6.07) is 15.2. The Kier molecular flexibility index (Phi) is 13.0. The highest BCUT2D eigenvalue weighted by molar-refractivity contribution is 14.0. The molecule has 32 heavy (non-hydrogen) atoms. The SMILES string of the molecule is CCNC(=NCCS(=O)(=O)NCc1ccccc1)NCCc1ccc(OC)c(OC)c1.I. The second kappa shape index (κ2) is 14.9. The number of hydrogen-bond donors (Lipinski definition) is 3. The van der Waals surface area contributed by atoms with E-state index in [0.717, 1.165) is 17.5 Å². The molecule has 0 radical (unpaired) electrons. The number of sulfonamides is 1. The molecule has 2 aromatic carbocycles. The number of nitrogens with one attached hydrogen (secondary N) is 3. The van der Waals surface area contributed by atoms with Crippen molar-refractivity contribution in [2.75, 3.05) is 39.6 Å². The lowest BCUT2D eigenvalue weighted by atomic mass is 10.1. The highest BCUT2D eigenvalue weighted by Gasteiger charge is 2.10. The van der Waals surface area contributed by atoms with Crippen LogP contribution in [0.4, 0.5) is 0 Å². The highest BCUT2D eigenvalue weighted by Crippen LogP contribution is 2.27. The van der Waals surface area contributed by atoms with Crippen molar-refractivity contribution in [2.45, 2.75) is 19.9 Å². The molecule has 10 heteroatoms. The summed E-state index contributed by atoms with van der Waals surface area (Å²) >= 11 is 0. The maximum absolute atomic E-state index is 12.2. The molecule has 0 amide bonds. The topological polar surface area (TPSA) is 101 Å². The van der Waals surface area contributed by atoms with Crippen LogP contribution in [-0.4, -0.2) is 54.0 Å². The zero-order valence-electron chi connectivity index (χ0n) is 18.8. The Morgan fingerprint density at radius 1 is 0.969 bits per heavy atom. The smallest absolute Gasteiger partial charge is 0.213 e. The Labute approximate surface area is 208 Å². The number of nitrogens with zero attached hydrogens (tertiary/aromatic N) is 1. The van der Waals surface area contributed by atoms with Gasteiger partial charge in [-0.25, -0.2) is 13.1 Å². The Morgan fingerprint density at radius 2 is 1.69 bits per heavy atom.